The number of imidazole rings is 2. The van der Waals surface area contributed by atoms with Crippen molar-refractivity contribution in [3.8, 4) is 34.2 Å². The molecule has 4 aromatic heterocycles. The van der Waals surface area contributed by atoms with Gasteiger partial charge in [0.05, 0.1) is 27.9 Å². The molecule has 0 aliphatic carbocycles. The fraction of sp³-hybridized carbons (Fsp3) is 0. The number of aromatic nitrogens is 6. The number of hydrogen-bond acceptors (Lipinski definition) is 3. The largest absolute Gasteiger partial charge is 0.278 e. The van der Waals surface area contributed by atoms with Crippen molar-refractivity contribution in [2.45, 2.75) is 0 Å². The monoisotopic (exact) mass is 552 g/mol. The average Bonchev–Trinajstić information content (AvgIpc) is 3.71. The molecule has 43 heavy (non-hydrogen) atoms. The predicted molar refractivity (Wildman–Crippen MR) is 173 cm³/mol. The minimum absolute atomic E-state index is 0.586. The van der Waals surface area contributed by atoms with Crippen molar-refractivity contribution in [3.63, 3.8) is 0 Å². The van der Waals surface area contributed by atoms with Gasteiger partial charge in [-0.3, -0.25) is 13.5 Å². The van der Waals surface area contributed by atoms with E-state index in [2.05, 4.69) is 117 Å². The summed E-state index contributed by atoms with van der Waals surface area (Å²) in [5, 5.41) is 1.09. The highest BCUT2D eigenvalue weighted by Gasteiger charge is 2.24. The molecule has 0 N–H and O–H groups in total. The lowest BCUT2D eigenvalue weighted by atomic mass is 10.1. The Hall–Kier alpha value is -6.01. The van der Waals surface area contributed by atoms with E-state index in [-0.39, 0.29) is 0 Å². The first-order valence-electron chi connectivity index (χ1n) is 14.3. The van der Waals surface area contributed by atoms with Crippen LogP contribution in [0.2, 0.25) is 0 Å². The SMILES string of the molecule is c1ccc(-c2cc(-c3ccccc3)nc(-n3c4ccccc4c4c3nc3n(-c5ccccc5)c5ccccc5n43)n2)cc1. The van der Waals surface area contributed by atoms with Crippen LogP contribution in [0.5, 0.6) is 0 Å². The number of benzene rings is 5. The summed E-state index contributed by atoms with van der Waals surface area (Å²) in [6.45, 7) is 0. The van der Waals surface area contributed by atoms with Gasteiger partial charge in [-0.2, -0.15) is 4.98 Å². The Balaban J connectivity index is 1.42. The fourth-order valence-electron chi connectivity index (χ4n) is 6.19. The van der Waals surface area contributed by atoms with Crippen LogP contribution in [-0.4, -0.2) is 28.5 Å². The third kappa shape index (κ3) is 3.57. The summed E-state index contributed by atoms with van der Waals surface area (Å²) >= 11 is 0. The van der Waals surface area contributed by atoms with E-state index >= 15 is 0 Å². The molecule has 0 saturated carbocycles. The Morgan fingerprint density at radius 2 is 0.977 bits per heavy atom. The molecule has 0 radical (unpaired) electrons. The third-order valence-corrected chi connectivity index (χ3v) is 8.08. The maximum atomic E-state index is 5.36. The van der Waals surface area contributed by atoms with Gasteiger partial charge < -0.3 is 0 Å². The van der Waals surface area contributed by atoms with Crippen molar-refractivity contribution in [2.24, 2.45) is 0 Å². The molecule has 0 bridgehead atoms. The number of fused-ring (bicyclic) bond motifs is 7. The molecule has 0 amide bonds. The van der Waals surface area contributed by atoms with Crippen LogP contribution >= 0.6 is 0 Å². The lowest BCUT2D eigenvalue weighted by Gasteiger charge is -2.11. The van der Waals surface area contributed by atoms with Gasteiger partial charge in [0.15, 0.2) is 5.65 Å². The van der Waals surface area contributed by atoms with E-state index in [0.717, 1.165) is 67.1 Å². The molecule has 0 saturated heterocycles. The molecule has 4 heterocycles. The van der Waals surface area contributed by atoms with Crippen LogP contribution in [0.25, 0.3) is 73.0 Å². The molecule has 9 aromatic rings. The van der Waals surface area contributed by atoms with Gasteiger partial charge >= 0.3 is 0 Å². The first kappa shape index (κ1) is 23.7. The van der Waals surface area contributed by atoms with Gasteiger partial charge in [-0.1, -0.05) is 109 Å². The topological polar surface area (TPSA) is 52.9 Å². The molecular formula is C37H24N6. The van der Waals surface area contributed by atoms with E-state index in [1.54, 1.807) is 0 Å². The summed E-state index contributed by atoms with van der Waals surface area (Å²) in [6.07, 6.45) is 0. The van der Waals surface area contributed by atoms with Gasteiger partial charge in [-0.25, -0.2) is 9.97 Å². The van der Waals surface area contributed by atoms with Crippen molar-refractivity contribution in [3.05, 3.63) is 146 Å². The highest BCUT2D eigenvalue weighted by molar-refractivity contribution is 6.09. The first-order valence-corrected chi connectivity index (χ1v) is 14.3. The molecule has 0 aliphatic rings. The van der Waals surface area contributed by atoms with Crippen LogP contribution in [-0.2, 0) is 0 Å². The maximum absolute atomic E-state index is 5.36. The standard InChI is InChI=1S/C37H24N6/c1-4-14-25(15-5-1)29-24-30(26-16-6-2-7-17-26)39-36(38-29)43-31-21-11-10-20-28(31)34-35(43)40-37-41(27-18-8-3-9-19-27)32-22-12-13-23-33(32)42(34)37/h1-24H. The molecule has 0 atom stereocenters. The van der Waals surface area contributed by atoms with E-state index in [0.29, 0.717) is 5.95 Å². The molecule has 0 unspecified atom stereocenters. The van der Waals surface area contributed by atoms with Gasteiger partial charge in [0.1, 0.15) is 5.52 Å². The van der Waals surface area contributed by atoms with Crippen molar-refractivity contribution in [2.75, 3.05) is 0 Å². The lowest BCUT2D eigenvalue weighted by Crippen LogP contribution is -2.04. The van der Waals surface area contributed by atoms with Crippen molar-refractivity contribution in [1.82, 2.24) is 28.5 Å². The summed E-state index contributed by atoms with van der Waals surface area (Å²) in [4.78, 5) is 15.7. The molecule has 6 nitrogen and oxygen atoms in total. The molecule has 5 aromatic carbocycles. The van der Waals surface area contributed by atoms with Crippen LogP contribution < -0.4 is 0 Å². The van der Waals surface area contributed by atoms with Gasteiger partial charge in [-0.05, 0) is 36.4 Å². The van der Waals surface area contributed by atoms with Crippen LogP contribution in [0.15, 0.2) is 146 Å². The summed E-state index contributed by atoms with van der Waals surface area (Å²) in [6, 6.07) is 49.9. The molecule has 0 spiro atoms. The average molecular weight is 553 g/mol. The summed E-state index contributed by atoms with van der Waals surface area (Å²) in [7, 11) is 0. The zero-order valence-corrected chi connectivity index (χ0v) is 23.0. The van der Waals surface area contributed by atoms with Crippen LogP contribution in [0.4, 0.5) is 0 Å². The second-order valence-electron chi connectivity index (χ2n) is 10.6. The lowest BCUT2D eigenvalue weighted by molar-refractivity contribution is 0.983. The first-order chi connectivity index (χ1) is 21.3. The molecule has 6 heteroatoms. The second kappa shape index (κ2) is 9.26. The minimum Gasteiger partial charge on any atom is -0.278 e. The molecule has 0 fully saturated rings. The molecule has 0 aliphatic heterocycles. The molecule has 9 rings (SSSR count). The Kier molecular flexibility index (Phi) is 5.10. The highest BCUT2D eigenvalue weighted by Crippen LogP contribution is 2.36. The quantitative estimate of drug-likeness (QED) is 0.220. The Bertz CT molecular complexity index is 2380. The van der Waals surface area contributed by atoms with Gasteiger partial charge in [0.2, 0.25) is 11.7 Å². The van der Waals surface area contributed by atoms with E-state index < -0.39 is 0 Å². The van der Waals surface area contributed by atoms with Gasteiger partial charge in [0.25, 0.3) is 0 Å². The van der Waals surface area contributed by atoms with Crippen molar-refractivity contribution in [1.29, 1.82) is 0 Å². The number of rotatable bonds is 4. The second-order valence-corrected chi connectivity index (χ2v) is 10.6. The smallest absolute Gasteiger partial charge is 0.237 e. The summed E-state index contributed by atoms with van der Waals surface area (Å²) in [5.41, 5.74) is 9.90. The number of hydrogen-bond donors (Lipinski definition) is 0. The Labute approximate surface area is 246 Å². The fourth-order valence-corrected chi connectivity index (χ4v) is 6.19. The van der Waals surface area contributed by atoms with E-state index in [4.69, 9.17) is 15.0 Å². The number of para-hydroxylation sites is 4. The van der Waals surface area contributed by atoms with Crippen LogP contribution in [0, 0.1) is 0 Å². The highest BCUT2D eigenvalue weighted by atomic mass is 15.3. The van der Waals surface area contributed by atoms with E-state index in [1.165, 1.54) is 0 Å². The Morgan fingerprint density at radius 3 is 1.63 bits per heavy atom. The summed E-state index contributed by atoms with van der Waals surface area (Å²) < 4.78 is 6.61. The van der Waals surface area contributed by atoms with Gasteiger partial charge in [0, 0.05) is 22.2 Å². The number of nitrogens with zero attached hydrogens (tertiary/aromatic N) is 6. The zero-order chi connectivity index (χ0) is 28.3. The molecule has 202 valence electrons. The third-order valence-electron chi connectivity index (χ3n) is 8.08. The Morgan fingerprint density at radius 1 is 0.442 bits per heavy atom. The predicted octanol–water partition coefficient (Wildman–Crippen LogP) is 8.50. The normalized spacial score (nSPS) is 11.7. The van der Waals surface area contributed by atoms with Crippen molar-refractivity contribution < 1.29 is 0 Å². The van der Waals surface area contributed by atoms with Crippen molar-refractivity contribution >= 4 is 38.9 Å². The summed E-state index contributed by atoms with van der Waals surface area (Å²) in [5.74, 6) is 1.43. The van der Waals surface area contributed by atoms with Crippen LogP contribution in [0.1, 0.15) is 0 Å². The van der Waals surface area contributed by atoms with E-state index in [9.17, 15) is 0 Å². The minimum atomic E-state index is 0.586. The van der Waals surface area contributed by atoms with Crippen LogP contribution in [0.3, 0.4) is 0 Å². The zero-order valence-electron chi connectivity index (χ0n) is 23.0. The maximum Gasteiger partial charge on any atom is 0.237 e. The van der Waals surface area contributed by atoms with Gasteiger partial charge in [-0.15, -0.1) is 0 Å². The molecular weight excluding hydrogens is 528 g/mol. The van der Waals surface area contributed by atoms with E-state index in [1.807, 2.05) is 42.5 Å².